The predicted molar refractivity (Wildman–Crippen MR) is 69.8 cm³/mol. The van der Waals surface area contributed by atoms with Crippen LogP contribution in [0.3, 0.4) is 0 Å². The molecule has 0 heterocycles. The topological polar surface area (TPSA) is 63.4 Å². The molecule has 98 valence electrons. The van der Waals surface area contributed by atoms with Gasteiger partial charge in [0, 0.05) is 16.7 Å². The number of benzene rings is 1. The first-order chi connectivity index (χ1) is 8.58. The van der Waals surface area contributed by atoms with Gasteiger partial charge in [0.25, 0.3) is 5.69 Å². The molecule has 18 heavy (non-hydrogen) atoms. The molecule has 1 aromatic rings. The molecule has 1 aromatic carbocycles. The first kappa shape index (κ1) is 13.3. The van der Waals surface area contributed by atoms with Gasteiger partial charge in [-0.25, -0.2) is 0 Å². The van der Waals surface area contributed by atoms with Crippen molar-refractivity contribution in [3.05, 3.63) is 38.9 Å². The molecule has 2 atom stereocenters. The normalized spacial score (nSPS) is 23.9. The Morgan fingerprint density at radius 1 is 1.39 bits per heavy atom. The highest BCUT2D eigenvalue weighted by Crippen LogP contribution is 2.31. The van der Waals surface area contributed by atoms with Crippen LogP contribution in [0.1, 0.15) is 31.2 Å². The highest BCUT2D eigenvalue weighted by Gasteiger charge is 2.26. The van der Waals surface area contributed by atoms with E-state index in [-0.39, 0.29) is 17.7 Å². The molecule has 2 unspecified atom stereocenters. The smallest absolute Gasteiger partial charge is 0.274 e. The minimum Gasteiger partial charge on any atom is -0.393 e. The zero-order valence-corrected chi connectivity index (χ0v) is 10.8. The van der Waals surface area contributed by atoms with Gasteiger partial charge in [-0.15, -0.1) is 0 Å². The Hall–Kier alpha value is -1.13. The van der Waals surface area contributed by atoms with Crippen LogP contribution in [0.15, 0.2) is 18.2 Å². The molecular formula is C13H16ClNO3. The maximum Gasteiger partial charge on any atom is 0.274 e. The van der Waals surface area contributed by atoms with Crippen LogP contribution in [0.4, 0.5) is 5.69 Å². The molecule has 0 aliphatic heterocycles. The summed E-state index contributed by atoms with van der Waals surface area (Å²) in [6.07, 6.45) is 4.07. The molecule has 0 amide bonds. The highest BCUT2D eigenvalue weighted by molar-refractivity contribution is 6.30. The molecule has 0 saturated heterocycles. The summed E-state index contributed by atoms with van der Waals surface area (Å²) in [6.45, 7) is 0. The lowest BCUT2D eigenvalue weighted by molar-refractivity contribution is -0.385. The molecule has 4 nitrogen and oxygen atoms in total. The lowest BCUT2D eigenvalue weighted by Crippen LogP contribution is -2.26. The van der Waals surface area contributed by atoms with Crippen LogP contribution in [0.25, 0.3) is 0 Å². The summed E-state index contributed by atoms with van der Waals surface area (Å²) in [4.78, 5) is 10.6. The zero-order valence-electron chi connectivity index (χ0n) is 10.0. The average Bonchev–Trinajstić information content (AvgIpc) is 2.34. The average molecular weight is 270 g/mol. The lowest BCUT2D eigenvalue weighted by Gasteiger charge is -2.27. The number of aliphatic hydroxyl groups is 1. The SMILES string of the molecule is O=[N+]([O-])c1cc(Cl)ccc1CC1CCCCC1O. The second-order valence-electron chi connectivity index (χ2n) is 4.85. The molecule has 1 aliphatic carbocycles. The van der Waals surface area contributed by atoms with Gasteiger partial charge in [-0.3, -0.25) is 10.1 Å². The first-order valence-electron chi connectivity index (χ1n) is 6.19. The summed E-state index contributed by atoms with van der Waals surface area (Å²) in [5.41, 5.74) is 0.718. The van der Waals surface area contributed by atoms with E-state index >= 15 is 0 Å². The molecule has 1 saturated carbocycles. The third-order valence-electron chi connectivity index (χ3n) is 3.60. The van der Waals surface area contributed by atoms with E-state index < -0.39 is 4.92 Å². The van der Waals surface area contributed by atoms with E-state index in [4.69, 9.17) is 11.6 Å². The van der Waals surface area contributed by atoms with Crippen molar-refractivity contribution in [3.63, 3.8) is 0 Å². The fourth-order valence-electron chi connectivity index (χ4n) is 2.59. The van der Waals surface area contributed by atoms with Gasteiger partial charge in [-0.1, -0.05) is 30.5 Å². The van der Waals surface area contributed by atoms with Gasteiger partial charge >= 0.3 is 0 Å². The molecular weight excluding hydrogens is 254 g/mol. The van der Waals surface area contributed by atoms with E-state index in [2.05, 4.69) is 0 Å². The third kappa shape index (κ3) is 3.00. The molecule has 0 aromatic heterocycles. The minimum absolute atomic E-state index is 0.0558. The number of nitro benzene ring substituents is 1. The summed E-state index contributed by atoms with van der Waals surface area (Å²) in [5.74, 6) is 0.124. The van der Waals surface area contributed by atoms with Crippen molar-refractivity contribution in [2.24, 2.45) is 5.92 Å². The largest absolute Gasteiger partial charge is 0.393 e. The number of hydrogen-bond acceptors (Lipinski definition) is 3. The minimum atomic E-state index is -0.406. The number of hydrogen-bond donors (Lipinski definition) is 1. The summed E-state index contributed by atoms with van der Waals surface area (Å²) in [7, 11) is 0. The predicted octanol–water partition coefficient (Wildman–Crippen LogP) is 3.34. The van der Waals surface area contributed by atoms with E-state index in [1.807, 2.05) is 0 Å². The van der Waals surface area contributed by atoms with Crippen LogP contribution < -0.4 is 0 Å². The summed E-state index contributed by atoms with van der Waals surface area (Å²) < 4.78 is 0. The second kappa shape index (κ2) is 5.67. The van der Waals surface area contributed by atoms with Gasteiger partial charge in [-0.2, -0.15) is 0 Å². The van der Waals surface area contributed by atoms with E-state index in [9.17, 15) is 15.2 Å². The Bertz CT molecular complexity index is 450. The molecule has 1 aliphatic rings. The quantitative estimate of drug-likeness (QED) is 0.676. The Labute approximate surface area is 111 Å². The van der Waals surface area contributed by atoms with E-state index in [1.54, 1.807) is 12.1 Å². The first-order valence-corrected chi connectivity index (χ1v) is 6.56. The van der Waals surface area contributed by atoms with Gasteiger partial charge < -0.3 is 5.11 Å². The van der Waals surface area contributed by atoms with Gasteiger partial charge in [0.15, 0.2) is 0 Å². The molecule has 1 fully saturated rings. The van der Waals surface area contributed by atoms with Crippen LogP contribution in [-0.4, -0.2) is 16.1 Å². The van der Waals surface area contributed by atoms with Crippen molar-refractivity contribution in [2.75, 3.05) is 0 Å². The monoisotopic (exact) mass is 269 g/mol. The molecule has 0 spiro atoms. The number of halogens is 1. The van der Waals surface area contributed by atoms with E-state index in [1.165, 1.54) is 6.07 Å². The van der Waals surface area contributed by atoms with Crippen molar-refractivity contribution in [1.82, 2.24) is 0 Å². The second-order valence-corrected chi connectivity index (χ2v) is 5.28. The highest BCUT2D eigenvalue weighted by atomic mass is 35.5. The van der Waals surface area contributed by atoms with Crippen molar-refractivity contribution in [2.45, 2.75) is 38.2 Å². The van der Waals surface area contributed by atoms with E-state index in [0.717, 1.165) is 25.7 Å². The van der Waals surface area contributed by atoms with E-state index in [0.29, 0.717) is 17.0 Å². The maximum absolute atomic E-state index is 11.0. The molecule has 0 bridgehead atoms. The van der Waals surface area contributed by atoms with Crippen molar-refractivity contribution in [1.29, 1.82) is 0 Å². The molecule has 1 N–H and O–H groups in total. The summed E-state index contributed by atoms with van der Waals surface area (Å²) in [6, 6.07) is 4.74. The Balaban J connectivity index is 2.20. The van der Waals surface area contributed by atoms with Crippen molar-refractivity contribution in [3.8, 4) is 0 Å². The molecule has 5 heteroatoms. The standard InChI is InChI=1S/C13H16ClNO3/c14-11-6-5-9(12(8-11)15(17)18)7-10-3-1-2-4-13(10)16/h5-6,8,10,13,16H,1-4,7H2. The van der Waals surface area contributed by atoms with Crippen molar-refractivity contribution < 1.29 is 10.0 Å². The van der Waals surface area contributed by atoms with Crippen LogP contribution in [0, 0.1) is 16.0 Å². The van der Waals surface area contributed by atoms with Crippen LogP contribution in [0.2, 0.25) is 5.02 Å². The Kier molecular flexibility index (Phi) is 4.19. The third-order valence-corrected chi connectivity index (χ3v) is 3.83. The summed E-state index contributed by atoms with van der Waals surface area (Å²) in [5, 5.41) is 21.3. The Morgan fingerprint density at radius 3 is 2.78 bits per heavy atom. The molecule has 0 radical (unpaired) electrons. The summed E-state index contributed by atoms with van der Waals surface area (Å²) >= 11 is 5.78. The number of rotatable bonds is 3. The molecule has 2 rings (SSSR count). The van der Waals surface area contributed by atoms with Crippen LogP contribution in [0.5, 0.6) is 0 Å². The van der Waals surface area contributed by atoms with Gasteiger partial charge in [0.1, 0.15) is 0 Å². The number of nitro groups is 1. The number of nitrogens with zero attached hydrogens (tertiary/aromatic N) is 1. The fraction of sp³-hybridized carbons (Fsp3) is 0.538. The van der Waals surface area contributed by atoms with Crippen LogP contribution >= 0.6 is 11.6 Å². The lowest BCUT2D eigenvalue weighted by atomic mass is 9.82. The number of aliphatic hydroxyl groups excluding tert-OH is 1. The van der Waals surface area contributed by atoms with Gasteiger partial charge in [0.05, 0.1) is 11.0 Å². The zero-order chi connectivity index (χ0) is 13.1. The Morgan fingerprint density at radius 2 is 2.11 bits per heavy atom. The van der Waals surface area contributed by atoms with Crippen LogP contribution in [-0.2, 0) is 6.42 Å². The van der Waals surface area contributed by atoms with Crippen molar-refractivity contribution >= 4 is 17.3 Å². The van der Waals surface area contributed by atoms with Gasteiger partial charge in [-0.05, 0) is 31.2 Å². The fourth-order valence-corrected chi connectivity index (χ4v) is 2.75. The van der Waals surface area contributed by atoms with Gasteiger partial charge in [0.2, 0.25) is 0 Å². The maximum atomic E-state index is 11.0.